The van der Waals surface area contributed by atoms with E-state index in [9.17, 15) is 5.11 Å². The molecule has 0 aromatic heterocycles. The molecule has 1 saturated heterocycles. The minimum Gasteiger partial charge on any atom is -0.482 e. The van der Waals surface area contributed by atoms with Gasteiger partial charge in [-0.25, -0.2) is 0 Å². The second-order valence-corrected chi connectivity index (χ2v) is 14.9. The molecule has 2 unspecified atom stereocenters. The van der Waals surface area contributed by atoms with Crippen LogP contribution in [0.3, 0.4) is 0 Å². The van der Waals surface area contributed by atoms with Crippen LogP contribution in [-0.2, 0) is 59.2 Å². The molecule has 0 radical (unpaired) electrons. The van der Waals surface area contributed by atoms with Crippen LogP contribution in [0, 0.1) is 5.92 Å². The number of hydrogen-bond donors (Lipinski definition) is 1. The van der Waals surface area contributed by atoms with E-state index in [1.54, 1.807) is 14.2 Å². The van der Waals surface area contributed by atoms with E-state index >= 15 is 0 Å². The summed E-state index contributed by atoms with van der Waals surface area (Å²) in [6, 6.07) is 4.26. The van der Waals surface area contributed by atoms with Crippen molar-refractivity contribution in [1.82, 2.24) is 4.90 Å². The van der Waals surface area contributed by atoms with Crippen molar-refractivity contribution >= 4 is 0 Å². The Morgan fingerprint density at radius 3 is 1.85 bits per heavy atom. The highest BCUT2D eigenvalue weighted by Gasteiger charge is 2.73. The number of hydrogen-bond acceptors (Lipinski definition) is 14. The average Bonchev–Trinajstić information content (AvgIpc) is 3.51. The lowest BCUT2D eigenvalue weighted by Gasteiger charge is -2.64. The first-order valence-corrected chi connectivity index (χ1v) is 20.2. The first-order valence-electron chi connectivity index (χ1n) is 20.2. The number of rotatable bonds is 30. The average molecular weight is 768 g/mol. The maximum atomic E-state index is 12.9. The zero-order chi connectivity index (χ0) is 37.5. The van der Waals surface area contributed by atoms with Gasteiger partial charge in [-0.3, -0.25) is 4.90 Å². The Morgan fingerprint density at radius 2 is 1.28 bits per heavy atom. The maximum Gasteiger partial charge on any atom is 0.189 e. The topological polar surface area (TPSA) is 134 Å². The monoisotopic (exact) mass is 767 g/mol. The van der Waals surface area contributed by atoms with Gasteiger partial charge in [-0.1, -0.05) is 12.5 Å². The molecule has 54 heavy (non-hydrogen) atoms. The van der Waals surface area contributed by atoms with Crippen LogP contribution in [0.15, 0.2) is 12.1 Å². The van der Waals surface area contributed by atoms with Gasteiger partial charge in [0.2, 0.25) is 0 Å². The molecule has 2 bridgehead atoms. The lowest BCUT2D eigenvalue weighted by atomic mass is 9.48. The number of likely N-dealkylation sites (tertiary alicyclic amines) is 1. The van der Waals surface area contributed by atoms with Gasteiger partial charge in [-0.2, -0.15) is 0 Å². The molecule has 14 heteroatoms. The summed E-state index contributed by atoms with van der Waals surface area (Å²) in [4.78, 5) is 2.60. The number of piperidine rings is 1. The third kappa shape index (κ3) is 10.1. The Labute approximate surface area is 321 Å². The smallest absolute Gasteiger partial charge is 0.189 e. The first kappa shape index (κ1) is 42.0. The Bertz CT molecular complexity index is 1240. The third-order valence-corrected chi connectivity index (χ3v) is 11.8. The quantitative estimate of drug-likeness (QED) is 0.0909. The highest BCUT2D eigenvalue weighted by molar-refractivity contribution is 5.63. The molecular weight excluding hydrogens is 702 g/mol. The molecule has 3 aliphatic carbocycles. The fourth-order valence-corrected chi connectivity index (χ4v) is 8.99. The Hall–Kier alpha value is -1.66. The van der Waals surface area contributed by atoms with E-state index in [1.807, 2.05) is 6.07 Å². The van der Waals surface area contributed by atoms with Gasteiger partial charge in [0.1, 0.15) is 6.10 Å². The van der Waals surface area contributed by atoms with Crippen molar-refractivity contribution in [3.8, 4) is 11.5 Å². The van der Waals surface area contributed by atoms with E-state index in [1.165, 1.54) is 24.8 Å². The molecular formula is C40H65NO13. The molecule has 2 saturated carbocycles. The summed E-state index contributed by atoms with van der Waals surface area (Å²) >= 11 is 0. The van der Waals surface area contributed by atoms with Crippen molar-refractivity contribution in [3.63, 3.8) is 0 Å². The molecule has 0 amide bonds. The van der Waals surface area contributed by atoms with Crippen LogP contribution in [0.25, 0.3) is 0 Å². The van der Waals surface area contributed by atoms with Crippen molar-refractivity contribution in [1.29, 1.82) is 0 Å². The molecule has 3 fully saturated rings. The van der Waals surface area contributed by atoms with E-state index in [2.05, 4.69) is 11.0 Å². The molecule has 1 aromatic carbocycles. The van der Waals surface area contributed by atoms with Crippen LogP contribution in [0.5, 0.6) is 11.5 Å². The molecule has 5 atom stereocenters. The fourth-order valence-electron chi connectivity index (χ4n) is 8.99. The van der Waals surface area contributed by atoms with Gasteiger partial charge in [-0.05, 0) is 62.6 Å². The highest BCUT2D eigenvalue weighted by Crippen LogP contribution is 2.66. The van der Waals surface area contributed by atoms with Gasteiger partial charge in [0, 0.05) is 32.4 Å². The van der Waals surface area contributed by atoms with Crippen molar-refractivity contribution in [3.05, 3.63) is 23.3 Å². The van der Waals surface area contributed by atoms with Crippen LogP contribution in [0.4, 0.5) is 0 Å². The van der Waals surface area contributed by atoms with E-state index < -0.39 is 11.0 Å². The minimum absolute atomic E-state index is 0.0662. The van der Waals surface area contributed by atoms with Crippen LogP contribution in [0.2, 0.25) is 0 Å². The predicted molar refractivity (Wildman–Crippen MR) is 198 cm³/mol. The van der Waals surface area contributed by atoms with Gasteiger partial charge in [0.25, 0.3) is 0 Å². The van der Waals surface area contributed by atoms with Crippen LogP contribution in [-0.4, -0.2) is 174 Å². The normalized spacial score (nSPS) is 27.1. The molecule has 308 valence electrons. The summed E-state index contributed by atoms with van der Waals surface area (Å²) in [6.45, 7) is 10.2. The van der Waals surface area contributed by atoms with Gasteiger partial charge >= 0.3 is 0 Å². The SMILES string of the molecule is COCCOCCOCCOCCOCCOCCOCCOC1CC[C@@]2(O)C3Cc4ccc(OCOCCOC)c5c4[C@@]2(CCN3CC2CCC2)[C@H]1O5. The lowest BCUT2D eigenvalue weighted by Crippen LogP contribution is -2.77. The summed E-state index contributed by atoms with van der Waals surface area (Å²) in [5.41, 5.74) is 0.939. The minimum atomic E-state index is -0.898. The van der Waals surface area contributed by atoms with Crippen molar-refractivity contribution in [2.24, 2.45) is 5.92 Å². The van der Waals surface area contributed by atoms with Gasteiger partial charge in [0.05, 0.1) is 123 Å². The zero-order valence-electron chi connectivity index (χ0n) is 32.6. The number of methoxy groups -OCH3 is 2. The maximum absolute atomic E-state index is 12.9. The summed E-state index contributed by atoms with van der Waals surface area (Å²) in [7, 11) is 3.30. The zero-order valence-corrected chi connectivity index (χ0v) is 32.6. The number of benzene rings is 1. The molecule has 1 N–H and O–H groups in total. The Morgan fingerprint density at radius 1 is 0.704 bits per heavy atom. The first-order chi connectivity index (χ1) is 26.6. The number of aliphatic hydroxyl groups is 1. The summed E-state index contributed by atoms with van der Waals surface area (Å²) in [5, 5.41) is 12.9. The van der Waals surface area contributed by atoms with Gasteiger partial charge in [-0.15, -0.1) is 0 Å². The molecule has 2 aliphatic heterocycles. The summed E-state index contributed by atoms with van der Waals surface area (Å²) in [6.07, 6.45) is 6.49. The van der Waals surface area contributed by atoms with E-state index in [4.69, 9.17) is 56.8 Å². The molecule has 1 spiro atoms. The standard InChI is InChI=1S/C40H65NO13/c1-43-12-14-45-16-17-46-18-19-47-20-21-48-22-23-49-24-25-50-26-27-52-34-8-9-40(42)35-28-32-6-7-33(53-30-51-15-13-44-2)37-36(32)39(40,38(34)54-37)10-11-41(35)29-31-4-3-5-31/h6-7,31,34-35,38,42H,3-5,8-30H2,1-2H3/t34?,35?,38-,39-,40+/m0/s1. The van der Waals surface area contributed by atoms with Crippen molar-refractivity contribution in [2.75, 3.05) is 140 Å². The molecule has 6 rings (SSSR count). The second-order valence-electron chi connectivity index (χ2n) is 14.9. The van der Waals surface area contributed by atoms with E-state index in [0.717, 1.165) is 49.6 Å². The predicted octanol–water partition coefficient (Wildman–Crippen LogP) is 2.77. The molecule has 1 aromatic rings. The molecule has 2 heterocycles. The summed E-state index contributed by atoms with van der Waals surface area (Å²) in [5.74, 6) is 2.15. The number of ether oxygens (including phenoxy) is 12. The summed E-state index contributed by atoms with van der Waals surface area (Å²) < 4.78 is 68.7. The van der Waals surface area contributed by atoms with Crippen molar-refractivity contribution < 1.29 is 61.9 Å². The van der Waals surface area contributed by atoms with Crippen LogP contribution < -0.4 is 9.47 Å². The molecule has 5 aliphatic rings. The van der Waals surface area contributed by atoms with Crippen molar-refractivity contribution in [2.45, 2.75) is 74.2 Å². The fraction of sp³-hybridized carbons (Fsp3) is 0.850. The number of nitrogens with zero attached hydrogens (tertiary/aromatic N) is 1. The van der Waals surface area contributed by atoms with Gasteiger partial charge < -0.3 is 61.9 Å². The highest BCUT2D eigenvalue weighted by atomic mass is 16.7. The van der Waals surface area contributed by atoms with Crippen LogP contribution >= 0.6 is 0 Å². The Kier molecular flexibility index (Phi) is 16.9. The molecule has 14 nitrogen and oxygen atoms in total. The third-order valence-electron chi connectivity index (χ3n) is 11.8. The second kappa shape index (κ2) is 21.8. The van der Waals surface area contributed by atoms with E-state index in [-0.39, 0.29) is 25.0 Å². The van der Waals surface area contributed by atoms with Gasteiger partial charge in [0.15, 0.2) is 18.3 Å². The lowest BCUT2D eigenvalue weighted by molar-refractivity contribution is -0.218. The van der Waals surface area contributed by atoms with E-state index in [0.29, 0.717) is 118 Å². The largest absolute Gasteiger partial charge is 0.482 e. The Balaban J connectivity index is 0.901. The van der Waals surface area contributed by atoms with Crippen LogP contribution in [0.1, 0.15) is 49.7 Å².